The van der Waals surface area contributed by atoms with E-state index in [0.717, 1.165) is 25.2 Å². The van der Waals surface area contributed by atoms with Crippen molar-refractivity contribution in [2.45, 2.75) is 13.5 Å². The van der Waals surface area contributed by atoms with Crippen LogP contribution in [0.15, 0.2) is 24.3 Å². The monoisotopic (exact) mass is 304 g/mol. The van der Waals surface area contributed by atoms with Crippen molar-refractivity contribution in [3.8, 4) is 0 Å². The molecule has 0 bridgehead atoms. The van der Waals surface area contributed by atoms with Gasteiger partial charge >= 0.3 is 11.8 Å². The molecular weight excluding hydrogens is 280 g/mol. The highest BCUT2D eigenvalue weighted by atomic mass is 16.2. The Morgan fingerprint density at radius 1 is 1.14 bits per heavy atom. The lowest BCUT2D eigenvalue weighted by molar-refractivity contribution is -0.147. The van der Waals surface area contributed by atoms with Crippen molar-refractivity contribution < 1.29 is 9.59 Å². The molecule has 22 heavy (non-hydrogen) atoms. The summed E-state index contributed by atoms with van der Waals surface area (Å²) in [6.07, 6.45) is 0. The molecule has 3 N–H and O–H groups in total. The fourth-order valence-corrected chi connectivity index (χ4v) is 2.46. The molecule has 1 saturated heterocycles. The molecule has 1 aliphatic heterocycles. The predicted octanol–water partition coefficient (Wildman–Crippen LogP) is -0.286. The first-order valence-corrected chi connectivity index (χ1v) is 7.65. The average Bonchev–Trinajstić information content (AvgIpc) is 2.54. The smallest absolute Gasteiger partial charge is 0.311 e. The van der Waals surface area contributed by atoms with E-state index in [-0.39, 0.29) is 0 Å². The zero-order valence-electron chi connectivity index (χ0n) is 13.0. The van der Waals surface area contributed by atoms with Crippen molar-refractivity contribution in [3.05, 3.63) is 35.4 Å². The Labute approximate surface area is 131 Å². The third kappa shape index (κ3) is 4.54. The number of nitrogens with two attached hydrogens (primary N) is 1. The number of hydrogen-bond donors (Lipinski definition) is 2. The van der Waals surface area contributed by atoms with Gasteiger partial charge in [0.2, 0.25) is 0 Å². The summed E-state index contributed by atoms with van der Waals surface area (Å²) in [5, 5.41) is 2.69. The number of rotatable bonds is 4. The fourth-order valence-electron chi connectivity index (χ4n) is 2.46. The summed E-state index contributed by atoms with van der Waals surface area (Å²) in [5.74, 6) is -0.979. The van der Waals surface area contributed by atoms with Gasteiger partial charge in [-0.15, -0.1) is 0 Å². The summed E-state index contributed by atoms with van der Waals surface area (Å²) < 4.78 is 0. The highest BCUT2D eigenvalue weighted by Gasteiger charge is 2.25. The molecule has 1 fully saturated rings. The standard InChI is InChI=1S/C16H24N4O2/c1-13-2-4-14(5-3-13)12-18-15(21)16(22)20-10-8-19(7-6-17)9-11-20/h2-5H,6-12,17H2,1H3,(H,18,21). The summed E-state index contributed by atoms with van der Waals surface area (Å²) in [6, 6.07) is 7.87. The minimum absolute atomic E-state index is 0.373. The Morgan fingerprint density at radius 3 is 2.36 bits per heavy atom. The third-order valence-electron chi connectivity index (χ3n) is 3.87. The van der Waals surface area contributed by atoms with Crippen LogP contribution in [0.5, 0.6) is 0 Å². The van der Waals surface area contributed by atoms with Crippen LogP contribution >= 0.6 is 0 Å². The normalized spacial score (nSPS) is 15.6. The molecule has 120 valence electrons. The van der Waals surface area contributed by atoms with E-state index in [1.54, 1.807) is 4.90 Å². The van der Waals surface area contributed by atoms with Crippen LogP contribution in [-0.2, 0) is 16.1 Å². The molecule has 0 saturated carbocycles. The topological polar surface area (TPSA) is 78.7 Å². The average molecular weight is 304 g/mol. The minimum Gasteiger partial charge on any atom is -0.344 e. The van der Waals surface area contributed by atoms with Crippen LogP contribution < -0.4 is 11.1 Å². The van der Waals surface area contributed by atoms with Gasteiger partial charge < -0.3 is 16.0 Å². The zero-order valence-corrected chi connectivity index (χ0v) is 13.0. The lowest BCUT2D eigenvalue weighted by Gasteiger charge is -2.34. The van der Waals surface area contributed by atoms with Gasteiger partial charge in [0.15, 0.2) is 0 Å². The maximum atomic E-state index is 12.1. The summed E-state index contributed by atoms with van der Waals surface area (Å²) in [7, 11) is 0. The van der Waals surface area contributed by atoms with E-state index < -0.39 is 11.8 Å². The molecule has 0 aliphatic carbocycles. The van der Waals surface area contributed by atoms with Crippen LogP contribution in [0.4, 0.5) is 0 Å². The molecule has 1 aliphatic rings. The number of piperazine rings is 1. The van der Waals surface area contributed by atoms with Crippen molar-refractivity contribution >= 4 is 11.8 Å². The number of nitrogens with zero attached hydrogens (tertiary/aromatic N) is 2. The molecular formula is C16H24N4O2. The first-order valence-electron chi connectivity index (χ1n) is 7.65. The predicted molar refractivity (Wildman–Crippen MR) is 85.1 cm³/mol. The highest BCUT2D eigenvalue weighted by molar-refractivity contribution is 6.34. The summed E-state index contributed by atoms with van der Waals surface area (Å²) in [5.41, 5.74) is 7.67. The Hall–Kier alpha value is -1.92. The molecule has 0 atom stereocenters. The van der Waals surface area contributed by atoms with Crippen molar-refractivity contribution in [1.29, 1.82) is 0 Å². The third-order valence-corrected chi connectivity index (χ3v) is 3.87. The second-order valence-corrected chi connectivity index (χ2v) is 5.59. The molecule has 1 aromatic rings. The molecule has 6 nitrogen and oxygen atoms in total. The van der Waals surface area contributed by atoms with Crippen molar-refractivity contribution in [3.63, 3.8) is 0 Å². The number of carbonyl (C=O) groups is 2. The van der Waals surface area contributed by atoms with Crippen molar-refractivity contribution in [2.24, 2.45) is 5.73 Å². The van der Waals surface area contributed by atoms with Gasteiger partial charge in [-0.1, -0.05) is 29.8 Å². The number of hydrogen-bond acceptors (Lipinski definition) is 4. The highest BCUT2D eigenvalue weighted by Crippen LogP contribution is 2.04. The molecule has 2 rings (SSSR count). The molecule has 1 aromatic carbocycles. The van der Waals surface area contributed by atoms with Gasteiger partial charge in [-0.3, -0.25) is 14.5 Å². The lowest BCUT2D eigenvalue weighted by Crippen LogP contribution is -2.53. The van der Waals surface area contributed by atoms with Gasteiger partial charge in [0.05, 0.1) is 0 Å². The van der Waals surface area contributed by atoms with Gasteiger partial charge in [-0.2, -0.15) is 0 Å². The molecule has 2 amide bonds. The van der Waals surface area contributed by atoms with E-state index >= 15 is 0 Å². The Kier molecular flexibility index (Phi) is 5.91. The van der Waals surface area contributed by atoms with Crippen LogP contribution in [0.2, 0.25) is 0 Å². The van der Waals surface area contributed by atoms with Gasteiger partial charge in [-0.05, 0) is 12.5 Å². The summed E-state index contributed by atoms with van der Waals surface area (Å²) in [4.78, 5) is 27.9. The van der Waals surface area contributed by atoms with Crippen LogP contribution in [-0.4, -0.2) is 60.9 Å². The second kappa shape index (κ2) is 7.91. The largest absolute Gasteiger partial charge is 0.344 e. The maximum Gasteiger partial charge on any atom is 0.311 e. The van der Waals surface area contributed by atoms with Crippen LogP contribution in [0.1, 0.15) is 11.1 Å². The van der Waals surface area contributed by atoms with E-state index in [0.29, 0.717) is 26.2 Å². The maximum absolute atomic E-state index is 12.1. The van der Waals surface area contributed by atoms with E-state index in [1.165, 1.54) is 5.56 Å². The molecule has 1 heterocycles. The van der Waals surface area contributed by atoms with E-state index in [1.807, 2.05) is 31.2 Å². The van der Waals surface area contributed by atoms with E-state index in [2.05, 4.69) is 10.2 Å². The van der Waals surface area contributed by atoms with Gasteiger partial charge in [0.1, 0.15) is 0 Å². The number of amides is 2. The first-order chi connectivity index (χ1) is 10.6. The molecule has 0 aromatic heterocycles. The summed E-state index contributed by atoms with van der Waals surface area (Å²) >= 11 is 0. The fraction of sp³-hybridized carbons (Fsp3) is 0.500. The van der Waals surface area contributed by atoms with Crippen molar-refractivity contribution in [2.75, 3.05) is 39.3 Å². The number of carbonyl (C=O) groups excluding carboxylic acids is 2. The van der Waals surface area contributed by atoms with E-state index in [4.69, 9.17) is 5.73 Å². The number of nitrogens with one attached hydrogen (secondary N) is 1. The van der Waals surface area contributed by atoms with Crippen LogP contribution in [0.25, 0.3) is 0 Å². The molecule has 0 spiro atoms. The minimum atomic E-state index is -0.534. The summed E-state index contributed by atoms with van der Waals surface area (Å²) in [6.45, 7) is 6.54. The second-order valence-electron chi connectivity index (χ2n) is 5.59. The molecule has 6 heteroatoms. The van der Waals surface area contributed by atoms with Crippen LogP contribution in [0, 0.1) is 6.92 Å². The van der Waals surface area contributed by atoms with Crippen molar-refractivity contribution in [1.82, 2.24) is 15.1 Å². The number of benzene rings is 1. The SMILES string of the molecule is Cc1ccc(CNC(=O)C(=O)N2CCN(CCN)CC2)cc1. The van der Waals surface area contributed by atoms with Gasteiger partial charge in [0.25, 0.3) is 0 Å². The Morgan fingerprint density at radius 2 is 1.77 bits per heavy atom. The Bertz CT molecular complexity index is 507. The van der Waals surface area contributed by atoms with Gasteiger partial charge in [-0.25, -0.2) is 0 Å². The van der Waals surface area contributed by atoms with Crippen LogP contribution in [0.3, 0.4) is 0 Å². The number of aryl methyl sites for hydroxylation is 1. The molecule has 0 unspecified atom stereocenters. The lowest BCUT2D eigenvalue weighted by atomic mass is 10.1. The Balaban J connectivity index is 1.77. The molecule has 0 radical (unpaired) electrons. The van der Waals surface area contributed by atoms with Gasteiger partial charge in [0, 0.05) is 45.8 Å². The first kappa shape index (κ1) is 16.5. The zero-order chi connectivity index (χ0) is 15.9. The quantitative estimate of drug-likeness (QED) is 0.750. The van der Waals surface area contributed by atoms with E-state index in [9.17, 15) is 9.59 Å².